The first kappa shape index (κ1) is 48.8. The van der Waals surface area contributed by atoms with Gasteiger partial charge in [-0.2, -0.15) is 15.1 Å². The van der Waals surface area contributed by atoms with Gasteiger partial charge in [-0.15, -0.1) is 5.10 Å². The number of carbonyl (C=O) groups excluding carboxylic acids is 1. The first-order valence-electron chi connectivity index (χ1n) is 21.2. The molecule has 0 bridgehead atoms. The van der Waals surface area contributed by atoms with Gasteiger partial charge in [0.05, 0.1) is 44.6 Å². The van der Waals surface area contributed by atoms with E-state index in [1.54, 1.807) is 36.2 Å². The highest BCUT2D eigenvalue weighted by Crippen LogP contribution is 2.54. The summed E-state index contributed by atoms with van der Waals surface area (Å²) in [6.07, 6.45) is 1.62. The van der Waals surface area contributed by atoms with Crippen molar-refractivity contribution in [2.45, 2.75) is 147 Å². The van der Waals surface area contributed by atoms with Crippen molar-refractivity contribution in [3.05, 3.63) is 17.3 Å². The van der Waals surface area contributed by atoms with Gasteiger partial charge >= 0.3 is 6.09 Å². The molecule has 3 aromatic rings. The molecule has 1 amide bonds. The van der Waals surface area contributed by atoms with Crippen LogP contribution in [0.5, 0.6) is 0 Å². The summed E-state index contributed by atoms with van der Waals surface area (Å²) in [5, 5.41) is 15.7. The second-order valence-corrected chi connectivity index (χ2v) is 28.6. The molecule has 62 heavy (non-hydrogen) atoms. The summed E-state index contributed by atoms with van der Waals surface area (Å²) in [5.74, 6) is -0.258. The highest BCUT2D eigenvalue weighted by Gasteiger charge is 2.58. The summed E-state index contributed by atoms with van der Waals surface area (Å²) < 4.78 is 73.0. The van der Waals surface area contributed by atoms with E-state index in [0.717, 1.165) is 31.7 Å². The molecule has 0 radical (unpaired) electrons. The number of tetrazole rings is 1. The number of halogens is 1. The third-order valence-corrected chi connectivity index (χ3v) is 15.1. The zero-order valence-corrected chi connectivity index (χ0v) is 40.6. The summed E-state index contributed by atoms with van der Waals surface area (Å²) >= 11 is 6.63. The average Bonchev–Trinajstić information content (AvgIpc) is 4.00. The van der Waals surface area contributed by atoms with E-state index in [-0.39, 0.29) is 51.1 Å². The van der Waals surface area contributed by atoms with Crippen molar-refractivity contribution in [2.75, 3.05) is 65.0 Å². The van der Waals surface area contributed by atoms with E-state index in [4.69, 9.17) is 59.3 Å². The lowest BCUT2D eigenvalue weighted by Gasteiger charge is -2.38. The number of carbonyl (C=O) groups is 1. The number of nitrogens with zero attached hydrogens (tertiary/aromatic N) is 9. The second kappa shape index (κ2) is 19.8. The minimum absolute atomic E-state index is 0.00369. The Bertz CT molecular complexity index is 2020. The average molecular weight is 931 g/mol. The maximum Gasteiger partial charge on any atom is 0.416 e. The van der Waals surface area contributed by atoms with Crippen molar-refractivity contribution in [3.8, 4) is 0 Å². The predicted molar refractivity (Wildman–Crippen MR) is 231 cm³/mol. The number of aromatic nitrogens is 8. The Morgan fingerprint density at radius 2 is 1.74 bits per heavy atom. The Labute approximate surface area is 369 Å². The van der Waals surface area contributed by atoms with Gasteiger partial charge in [0.25, 0.3) is 0 Å². The molecule has 2 aliphatic heterocycles. The van der Waals surface area contributed by atoms with Crippen LogP contribution < -0.4 is 4.90 Å². The number of rotatable bonds is 21. The van der Waals surface area contributed by atoms with Crippen LogP contribution in [-0.4, -0.2) is 155 Å². The molecule has 0 N–H and O–H groups in total. The molecule has 3 aromatic heterocycles. The standard InChI is InChI=1S/C39H65ClN9O11PSi/c1-37(2,3)60-36(50)48(26-14-12-13-15-26)32-27-20-41-49(33(27)43-35(40)42-32)34-31-30(58-38(4,5)59-31)28(57-34)21-56-39(61(7,8)51,23-53-17-16-52-6)24-55-22-29-44-45-46-47(29)25-54-18-19-62(9,10)11/h20,26,28,30-31,34H,12-19,21-25H2,1-11H3/t28-,30-,31-,34-,39+/m1/s1. The van der Waals surface area contributed by atoms with Crippen LogP contribution in [0.3, 0.4) is 0 Å². The van der Waals surface area contributed by atoms with Crippen LogP contribution in [0.2, 0.25) is 31.0 Å². The molecular formula is C39H65ClN9O11PSi. The topological polar surface area (TPSA) is 208 Å². The highest BCUT2D eigenvalue weighted by atomic mass is 35.5. The molecule has 0 unspecified atom stereocenters. The molecule has 3 fully saturated rings. The predicted octanol–water partition coefficient (Wildman–Crippen LogP) is 6.10. The van der Waals surface area contributed by atoms with E-state index >= 15 is 0 Å². The summed E-state index contributed by atoms with van der Waals surface area (Å²) in [6, 6.07) is 0.860. The van der Waals surface area contributed by atoms with E-state index in [0.29, 0.717) is 35.9 Å². The normalized spacial score (nSPS) is 23.0. The molecule has 348 valence electrons. The van der Waals surface area contributed by atoms with Crippen LogP contribution in [0.4, 0.5) is 10.6 Å². The molecule has 3 aliphatic rings. The van der Waals surface area contributed by atoms with Crippen molar-refractivity contribution >= 4 is 49.8 Å². The van der Waals surface area contributed by atoms with Crippen LogP contribution in [0.15, 0.2) is 6.20 Å². The molecule has 23 heteroatoms. The first-order valence-corrected chi connectivity index (χ1v) is 27.9. The van der Waals surface area contributed by atoms with Gasteiger partial charge in [0.1, 0.15) is 44.4 Å². The molecule has 1 saturated carbocycles. The number of amides is 1. The lowest BCUT2D eigenvalue weighted by atomic mass is 10.1. The highest BCUT2D eigenvalue weighted by molar-refractivity contribution is 7.63. The van der Waals surface area contributed by atoms with Gasteiger partial charge in [-0.05, 0) is 88.9 Å². The van der Waals surface area contributed by atoms with E-state index < -0.39 is 62.6 Å². The molecule has 6 rings (SSSR count). The monoisotopic (exact) mass is 929 g/mol. The number of fused-ring (bicyclic) bond motifs is 2. The third-order valence-electron chi connectivity index (χ3n) is 10.9. The molecule has 1 aliphatic carbocycles. The van der Waals surface area contributed by atoms with Crippen molar-refractivity contribution in [3.63, 3.8) is 0 Å². The van der Waals surface area contributed by atoms with Crippen molar-refractivity contribution in [1.82, 2.24) is 40.0 Å². The van der Waals surface area contributed by atoms with E-state index in [1.807, 2.05) is 34.6 Å². The van der Waals surface area contributed by atoms with Crippen LogP contribution in [0, 0.1) is 0 Å². The number of hydrogen-bond acceptors (Lipinski definition) is 17. The van der Waals surface area contributed by atoms with Crippen molar-refractivity contribution < 1.29 is 52.0 Å². The Morgan fingerprint density at radius 1 is 1.03 bits per heavy atom. The van der Waals surface area contributed by atoms with Crippen molar-refractivity contribution in [1.29, 1.82) is 0 Å². The number of anilines is 1. The summed E-state index contributed by atoms with van der Waals surface area (Å²) in [6.45, 7) is 20.3. The Kier molecular flexibility index (Phi) is 15.6. The number of hydrogen-bond donors (Lipinski definition) is 0. The largest absolute Gasteiger partial charge is 0.443 e. The Morgan fingerprint density at radius 3 is 2.42 bits per heavy atom. The van der Waals surface area contributed by atoms with Crippen LogP contribution in [-0.2, 0) is 60.5 Å². The van der Waals surface area contributed by atoms with Crippen LogP contribution in [0.25, 0.3) is 11.0 Å². The third kappa shape index (κ3) is 11.9. The van der Waals surface area contributed by atoms with Gasteiger partial charge in [0, 0.05) is 27.8 Å². The SMILES string of the molecule is COCCOC[C@](COCc1nnnn1COCC[Si](C)(C)C)(OC[C@H]1O[C@@H](n2ncc3c(N(C(=O)OC(C)(C)C)C4CCCC4)nc(Cl)nc32)[C@@H]2OC(C)(C)O[C@@H]21)P(C)(C)=O. The molecule has 2 saturated heterocycles. The quantitative estimate of drug-likeness (QED) is 0.0512. The lowest BCUT2D eigenvalue weighted by Crippen LogP contribution is -2.46. The van der Waals surface area contributed by atoms with Gasteiger partial charge in [-0.1, -0.05) is 32.5 Å². The molecule has 20 nitrogen and oxygen atoms in total. The number of methoxy groups -OCH3 is 1. The molecule has 5 atom stereocenters. The zero-order chi connectivity index (χ0) is 45.1. The fourth-order valence-corrected chi connectivity index (χ4v) is 9.69. The van der Waals surface area contributed by atoms with E-state index in [9.17, 15) is 9.36 Å². The smallest absolute Gasteiger partial charge is 0.416 e. The second-order valence-electron chi connectivity index (χ2n) is 19.2. The fourth-order valence-electron chi connectivity index (χ4n) is 7.59. The number of ether oxygens (including phenoxy) is 9. The van der Waals surface area contributed by atoms with Crippen LogP contribution in [0.1, 0.15) is 72.4 Å². The maximum absolute atomic E-state index is 14.3. The minimum Gasteiger partial charge on any atom is -0.443 e. The first-order chi connectivity index (χ1) is 29.1. The molecule has 0 aromatic carbocycles. The summed E-state index contributed by atoms with van der Waals surface area (Å²) in [7, 11) is -2.88. The van der Waals surface area contributed by atoms with Gasteiger partial charge in [0.15, 0.2) is 34.6 Å². The van der Waals surface area contributed by atoms with Crippen LogP contribution >= 0.6 is 18.7 Å². The van der Waals surface area contributed by atoms with Crippen molar-refractivity contribution in [2.24, 2.45) is 0 Å². The van der Waals surface area contributed by atoms with Gasteiger partial charge in [0.2, 0.25) is 5.28 Å². The van der Waals surface area contributed by atoms with Gasteiger partial charge in [-0.3, -0.25) is 4.90 Å². The zero-order valence-electron chi connectivity index (χ0n) is 38.0. The van der Waals surface area contributed by atoms with E-state index in [2.05, 4.69) is 45.1 Å². The van der Waals surface area contributed by atoms with Gasteiger partial charge in [-0.25, -0.2) is 14.2 Å². The van der Waals surface area contributed by atoms with Gasteiger partial charge < -0.3 is 47.2 Å². The fraction of sp³-hybridized carbons (Fsp3) is 0.821. The summed E-state index contributed by atoms with van der Waals surface area (Å²) in [5.41, 5.74) is -0.414. The lowest BCUT2D eigenvalue weighted by molar-refractivity contribution is -0.208. The Hall–Kier alpha value is -2.69. The molecule has 0 spiro atoms. The summed E-state index contributed by atoms with van der Waals surface area (Å²) in [4.78, 5) is 24.5. The maximum atomic E-state index is 14.3. The van der Waals surface area contributed by atoms with E-state index in [1.165, 1.54) is 4.68 Å². The minimum atomic E-state index is -3.18. The molecule has 5 heterocycles. The molecular weight excluding hydrogens is 865 g/mol. The Balaban J connectivity index is 1.24.